The van der Waals surface area contributed by atoms with Crippen LogP contribution in [0.25, 0.3) is 0 Å². The van der Waals surface area contributed by atoms with Crippen molar-refractivity contribution in [3.8, 4) is 0 Å². The van der Waals surface area contributed by atoms with Crippen molar-refractivity contribution < 1.29 is 0 Å². The molecule has 3 nitrogen and oxygen atoms in total. The lowest BCUT2D eigenvalue weighted by Crippen LogP contribution is -2.22. The highest BCUT2D eigenvalue weighted by molar-refractivity contribution is 6.17. The van der Waals surface area contributed by atoms with Gasteiger partial charge >= 0.3 is 0 Å². The molecule has 0 aromatic carbocycles. The summed E-state index contributed by atoms with van der Waals surface area (Å²) in [7, 11) is 2.09. The van der Waals surface area contributed by atoms with Crippen molar-refractivity contribution in [1.29, 1.82) is 0 Å². The number of hydrogen-bond acceptors (Lipinski definition) is 2. The quantitative estimate of drug-likeness (QED) is 0.530. The van der Waals surface area contributed by atoms with Crippen LogP contribution in [-0.4, -0.2) is 29.0 Å². The zero-order valence-electron chi connectivity index (χ0n) is 9.62. The van der Waals surface area contributed by atoms with Crippen LogP contribution in [0, 0.1) is 0 Å². The minimum Gasteiger partial charge on any atom is -0.345 e. The number of hydrogen-bond donors (Lipinski definition) is 0. The molecular weight excluding hydrogens is 210 g/mol. The Morgan fingerprint density at radius 2 is 2.20 bits per heavy atom. The van der Waals surface area contributed by atoms with Gasteiger partial charge in [-0.2, -0.15) is 0 Å². The molecule has 1 rings (SSSR count). The van der Waals surface area contributed by atoms with Crippen LogP contribution in [0.2, 0.25) is 0 Å². The number of imidazole rings is 1. The van der Waals surface area contributed by atoms with Crippen molar-refractivity contribution in [1.82, 2.24) is 9.55 Å². The Morgan fingerprint density at radius 3 is 2.87 bits per heavy atom. The first-order valence-electron chi connectivity index (χ1n) is 5.57. The van der Waals surface area contributed by atoms with Crippen LogP contribution in [0.5, 0.6) is 0 Å². The Hall–Kier alpha value is -0.700. The normalized spacial score (nSPS) is 10.6. The standard InChI is InChI=1S/C11H20ClN3/c1-3-15-10-8-13-11(15)14(2)9-6-4-5-7-12/h8,10H,3-7,9H2,1-2H3. The molecule has 0 aliphatic heterocycles. The first-order chi connectivity index (χ1) is 7.29. The fourth-order valence-corrected chi connectivity index (χ4v) is 1.80. The van der Waals surface area contributed by atoms with E-state index >= 15 is 0 Å². The Bertz CT molecular complexity index is 273. The number of halogens is 1. The molecule has 0 aliphatic rings. The fraction of sp³-hybridized carbons (Fsp3) is 0.727. The van der Waals surface area contributed by atoms with E-state index in [1.54, 1.807) is 0 Å². The smallest absolute Gasteiger partial charge is 0.205 e. The zero-order valence-corrected chi connectivity index (χ0v) is 10.4. The van der Waals surface area contributed by atoms with E-state index in [1.807, 2.05) is 12.4 Å². The van der Waals surface area contributed by atoms with E-state index in [2.05, 4.69) is 28.4 Å². The van der Waals surface area contributed by atoms with Crippen LogP contribution in [0.3, 0.4) is 0 Å². The predicted octanol–water partition coefficient (Wildman–Crippen LogP) is 2.75. The van der Waals surface area contributed by atoms with Gasteiger partial charge in [0.25, 0.3) is 0 Å². The van der Waals surface area contributed by atoms with Crippen molar-refractivity contribution >= 4 is 17.5 Å². The van der Waals surface area contributed by atoms with E-state index in [9.17, 15) is 0 Å². The molecule has 0 saturated carbocycles. The third kappa shape index (κ3) is 3.74. The first kappa shape index (κ1) is 12.4. The second kappa shape index (κ2) is 6.72. The monoisotopic (exact) mass is 229 g/mol. The van der Waals surface area contributed by atoms with Crippen molar-refractivity contribution in [3.63, 3.8) is 0 Å². The summed E-state index contributed by atoms with van der Waals surface area (Å²) in [6, 6.07) is 0. The van der Waals surface area contributed by atoms with E-state index in [4.69, 9.17) is 11.6 Å². The van der Waals surface area contributed by atoms with Crippen molar-refractivity contribution in [2.45, 2.75) is 32.7 Å². The van der Waals surface area contributed by atoms with E-state index in [-0.39, 0.29) is 0 Å². The van der Waals surface area contributed by atoms with Crippen LogP contribution < -0.4 is 4.90 Å². The van der Waals surface area contributed by atoms with Crippen LogP contribution in [0.1, 0.15) is 26.2 Å². The second-order valence-corrected chi connectivity index (χ2v) is 4.06. The molecule has 0 saturated heterocycles. The molecule has 0 radical (unpaired) electrons. The molecule has 4 heteroatoms. The van der Waals surface area contributed by atoms with E-state index < -0.39 is 0 Å². The molecule has 0 amide bonds. The average Bonchev–Trinajstić information content (AvgIpc) is 2.72. The molecule has 0 spiro atoms. The maximum Gasteiger partial charge on any atom is 0.205 e. The Morgan fingerprint density at radius 1 is 1.40 bits per heavy atom. The number of aromatic nitrogens is 2. The molecule has 0 unspecified atom stereocenters. The second-order valence-electron chi connectivity index (χ2n) is 3.68. The van der Waals surface area contributed by atoms with E-state index in [1.165, 1.54) is 12.8 Å². The van der Waals surface area contributed by atoms with Crippen LogP contribution in [-0.2, 0) is 6.54 Å². The lowest BCUT2D eigenvalue weighted by atomic mass is 10.2. The third-order valence-corrected chi connectivity index (χ3v) is 2.77. The molecule has 1 heterocycles. The summed E-state index contributed by atoms with van der Waals surface area (Å²) in [5.74, 6) is 1.83. The summed E-state index contributed by atoms with van der Waals surface area (Å²) in [5.41, 5.74) is 0. The fourth-order valence-electron chi connectivity index (χ4n) is 1.61. The maximum absolute atomic E-state index is 5.63. The van der Waals surface area contributed by atoms with E-state index in [0.717, 1.165) is 31.3 Å². The SMILES string of the molecule is CCn1ccnc1N(C)CCCCCCl. The summed E-state index contributed by atoms with van der Waals surface area (Å²) in [6.07, 6.45) is 7.36. The summed E-state index contributed by atoms with van der Waals surface area (Å²) in [4.78, 5) is 6.55. The average molecular weight is 230 g/mol. The van der Waals surface area contributed by atoms with Crippen molar-refractivity contribution in [3.05, 3.63) is 12.4 Å². The van der Waals surface area contributed by atoms with Gasteiger partial charge in [0, 0.05) is 38.4 Å². The largest absolute Gasteiger partial charge is 0.345 e. The molecule has 0 atom stereocenters. The van der Waals surface area contributed by atoms with Gasteiger partial charge in [0.1, 0.15) is 0 Å². The number of anilines is 1. The molecule has 1 aromatic rings. The number of rotatable bonds is 7. The third-order valence-electron chi connectivity index (χ3n) is 2.50. The summed E-state index contributed by atoms with van der Waals surface area (Å²) < 4.78 is 2.15. The maximum atomic E-state index is 5.63. The van der Waals surface area contributed by atoms with Crippen LogP contribution >= 0.6 is 11.6 Å². The van der Waals surface area contributed by atoms with E-state index in [0.29, 0.717) is 0 Å². The Kier molecular flexibility index (Phi) is 5.54. The van der Waals surface area contributed by atoms with Crippen LogP contribution in [0.4, 0.5) is 5.95 Å². The van der Waals surface area contributed by atoms with Gasteiger partial charge in [-0.15, -0.1) is 11.6 Å². The van der Waals surface area contributed by atoms with Gasteiger partial charge in [0.05, 0.1) is 0 Å². The number of alkyl halides is 1. The van der Waals surface area contributed by atoms with Crippen molar-refractivity contribution in [2.24, 2.45) is 0 Å². The summed E-state index contributed by atoms with van der Waals surface area (Å²) >= 11 is 5.63. The molecule has 1 aromatic heterocycles. The van der Waals surface area contributed by atoms with Gasteiger partial charge in [-0.05, 0) is 19.8 Å². The molecule has 0 aliphatic carbocycles. The Balaban J connectivity index is 2.36. The minimum absolute atomic E-state index is 0.771. The zero-order chi connectivity index (χ0) is 11.1. The molecule has 0 bridgehead atoms. The molecule has 86 valence electrons. The van der Waals surface area contributed by atoms with Crippen LogP contribution in [0.15, 0.2) is 12.4 Å². The minimum atomic E-state index is 0.771. The highest BCUT2D eigenvalue weighted by Crippen LogP contribution is 2.10. The molecule has 0 fully saturated rings. The van der Waals surface area contributed by atoms with Gasteiger partial charge in [0.2, 0.25) is 5.95 Å². The molecular formula is C11H20ClN3. The molecule has 15 heavy (non-hydrogen) atoms. The van der Waals surface area contributed by atoms with Gasteiger partial charge in [0.15, 0.2) is 0 Å². The number of nitrogens with zero attached hydrogens (tertiary/aromatic N) is 3. The Labute approximate surface area is 97.1 Å². The number of unbranched alkanes of at least 4 members (excludes halogenated alkanes) is 2. The van der Waals surface area contributed by atoms with Gasteiger partial charge in [-0.1, -0.05) is 6.42 Å². The topological polar surface area (TPSA) is 21.1 Å². The highest BCUT2D eigenvalue weighted by Gasteiger charge is 2.06. The first-order valence-corrected chi connectivity index (χ1v) is 6.11. The van der Waals surface area contributed by atoms with Gasteiger partial charge in [-0.25, -0.2) is 4.98 Å². The highest BCUT2D eigenvalue weighted by atomic mass is 35.5. The lowest BCUT2D eigenvalue weighted by molar-refractivity contribution is 0.673. The predicted molar refractivity (Wildman–Crippen MR) is 65.7 cm³/mol. The summed E-state index contributed by atoms with van der Waals surface area (Å²) in [5, 5.41) is 0. The lowest BCUT2D eigenvalue weighted by Gasteiger charge is -2.18. The van der Waals surface area contributed by atoms with Gasteiger partial charge in [-0.3, -0.25) is 0 Å². The molecule has 0 N–H and O–H groups in total. The summed E-state index contributed by atoms with van der Waals surface area (Å²) in [6.45, 7) is 4.15. The van der Waals surface area contributed by atoms with Gasteiger partial charge < -0.3 is 9.47 Å². The van der Waals surface area contributed by atoms with Crippen molar-refractivity contribution in [2.75, 3.05) is 24.4 Å². The number of aryl methyl sites for hydroxylation is 1.